The Morgan fingerprint density at radius 1 is 1.23 bits per heavy atom. The Labute approximate surface area is 155 Å². The highest BCUT2D eigenvalue weighted by molar-refractivity contribution is 5.49. The number of nitrogen functional groups attached to an aromatic ring is 1. The zero-order valence-corrected chi connectivity index (χ0v) is 15.7. The largest absolute Gasteiger partial charge is 0.397 e. The SMILES string of the molecule is C=C(Nc1ccc(CCCCCC)c(F)c1)NC(C)c1cncc(N)c1. The number of hydrogen-bond donors (Lipinski definition) is 3. The molecule has 140 valence electrons. The molecule has 0 saturated heterocycles. The van der Waals surface area contributed by atoms with Crippen LogP contribution in [-0.2, 0) is 6.42 Å². The minimum absolute atomic E-state index is 0.0197. The molecular formula is C21H29FN4. The van der Waals surface area contributed by atoms with Gasteiger partial charge in [-0.1, -0.05) is 38.8 Å². The third kappa shape index (κ3) is 6.06. The van der Waals surface area contributed by atoms with Crippen molar-refractivity contribution in [3.8, 4) is 0 Å². The number of aryl methyl sites for hydroxylation is 1. The number of aromatic nitrogens is 1. The molecule has 2 aromatic rings. The van der Waals surface area contributed by atoms with Gasteiger partial charge in [0.15, 0.2) is 0 Å². The first kappa shape index (κ1) is 19.8. The lowest BCUT2D eigenvalue weighted by molar-refractivity contribution is 0.594. The summed E-state index contributed by atoms with van der Waals surface area (Å²) in [5.41, 5.74) is 8.78. The predicted molar refractivity (Wildman–Crippen MR) is 107 cm³/mol. The van der Waals surface area contributed by atoms with E-state index in [1.165, 1.54) is 18.9 Å². The van der Waals surface area contributed by atoms with Gasteiger partial charge in [0.25, 0.3) is 0 Å². The van der Waals surface area contributed by atoms with Crippen molar-refractivity contribution in [2.24, 2.45) is 0 Å². The first-order chi connectivity index (χ1) is 12.5. The standard InChI is InChI=1S/C21H29FN4/c1-4-5-6-7-8-17-9-10-20(12-21(17)22)26-16(3)25-15(2)18-11-19(23)14-24-13-18/h9-15,25-26H,3-8,23H2,1-2H3. The van der Waals surface area contributed by atoms with E-state index in [0.29, 0.717) is 17.2 Å². The molecule has 0 saturated carbocycles. The molecule has 0 amide bonds. The lowest BCUT2D eigenvalue weighted by Crippen LogP contribution is -2.22. The number of halogens is 1. The minimum atomic E-state index is -0.174. The van der Waals surface area contributed by atoms with Crippen LogP contribution < -0.4 is 16.4 Å². The molecule has 1 aromatic carbocycles. The second-order valence-corrected chi connectivity index (χ2v) is 6.64. The lowest BCUT2D eigenvalue weighted by Gasteiger charge is -2.19. The van der Waals surface area contributed by atoms with Crippen LogP contribution in [0.4, 0.5) is 15.8 Å². The molecule has 4 nitrogen and oxygen atoms in total. The van der Waals surface area contributed by atoms with E-state index >= 15 is 0 Å². The van der Waals surface area contributed by atoms with Gasteiger partial charge >= 0.3 is 0 Å². The number of unbranched alkanes of at least 4 members (excludes halogenated alkanes) is 3. The molecule has 1 aromatic heterocycles. The Morgan fingerprint density at radius 3 is 2.73 bits per heavy atom. The van der Waals surface area contributed by atoms with E-state index in [1.54, 1.807) is 12.4 Å². The van der Waals surface area contributed by atoms with Crippen molar-refractivity contribution in [2.75, 3.05) is 11.1 Å². The van der Waals surface area contributed by atoms with Gasteiger partial charge in [-0.3, -0.25) is 4.98 Å². The van der Waals surface area contributed by atoms with E-state index in [4.69, 9.17) is 5.73 Å². The van der Waals surface area contributed by atoms with Gasteiger partial charge in [-0.2, -0.15) is 0 Å². The zero-order valence-electron chi connectivity index (χ0n) is 15.7. The highest BCUT2D eigenvalue weighted by Crippen LogP contribution is 2.19. The molecular weight excluding hydrogens is 327 g/mol. The second kappa shape index (κ2) is 9.80. The maximum Gasteiger partial charge on any atom is 0.128 e. The van der Waals surface area contributed by atoms with Crippen LogP contribution in [0.3, 0.4) is 0 Å². The van der Waals surface area contributed by atoms with E-state index in [1.807, 2.05) is 25.1 Å². The number of nitrogens with zero attached hydrogens (tertiary/aromatic N) is 1. The molecule has 1 unspecified atom stereocenters. The van der Waals surface area contributed by atoms with Crippen LogP contribution in [0.5, 0.6) is 0 Å². The first-order valence-corrected chi connectivity index (χ1v) is 9.21. The summed E-state index contributed by atoms with van der Waals surface area (Å²) in [6.07, 6.45) is 8.71. The monoisotopic (exact) mass is 356 g/mol. The normalized spacial score (nSPS) is 11.8. The van der Waals surface area contributed by atoms with Crippen LogP contribution in [0.1, 0.15) is 56.7 Å². The van der Waals surface area contributed by atoms with Gasteiger partial charge in [-0.25, -0.2) is 4.39 Å². The number of nitrogens with two attached hydrogens (primary N) is 1. The van der Waals surface area contributed by atoms with Gasteiger partial charge in [0.05, 0.1) is 17.6 Å². The Kier molecular flexibility index (Phi) is 7.45. The topological polar surface area (TPSA) is 63.0 Å². The average Bonchev–Trinajstić information content (AvgIpc) is 2.60. The number of benzene rings is 1. The van der Waals surface area contributed by atoms with E-state index < -0.39 is 0 Å². The molecule has 0 fully saturated rings. The van der Waals surface area contributed by atoms with Crippen molar-refractivity contribution in [1.29, 1.82) is 0 Å². The van der Waals surface area contributed by atoms with Crippen LogP contribution in [-0.4, -0.2) is 4.98 Å². The molecule has 0 bridgehead atoms. The maximum absolute atomic E-state index is 14.3. The first-order valence-electron chi connectivity index (χ1n) is 9.21. The molecule has 0 aliphatic heterocycles. The zero-order chi connectivity index (χ0) is 18.9. The van der Waals surface area contributed by atoms with E-state index in [-0.39, 0.29) is 11.9 Å². The van der Waals surface area contributed by atoms with Gasteiger partial charge in [0, 0.05) is 18.1 Å². The maximum atomic E-state index is 14.3. The molecule has 26 heavy (non-hydrogen) atoms. The van der Waals surface area contributed by atoms with Crippen molar-refractivity contribution in [3.63, 3.8) is 0 Å². The van der Waals surface area contributed by atoms with Crippen LogP contribution in [0.25, 0.3) is 0 Å². The lowest BCUT2D eigenvalue weighted by atomic mass is 10.1. The highest BCUT2D eigenvalue weighted by Gasteiger charge is 2.08. The summed E-state index contributed by atoms with van der Waals surface area (Å²) in [4.78, 5) is 4.09. The van der Waals surface area contributed by atoms with Gasteiger partial charge in [0.2, 0.25) is 0 Å². The van der Waals surface area contributed by atoms with Crippen molar-refractivity contribution in [3.05, 3.63) is 66.0 Å². The summed E-state index contributed by atoms with van der Waals surface area (Å²) in [5.74, 6) is 0.419. The molecule has 2 rings (SSSR count). The second-order valence-electron chi connectivity index (χ2n) is 6.64. The summed E-state index contributed by atoms with van der Waals surface area (Å²) < 4.78 is 14.3. The summed E-state index contributed by atoms with van der Waals surface area (Å²) in [6, 6.07) is 7.10. The van der Waals surface area contributed by atoms with E-state index in [0.717, 1.165) is 30.4 Å². The molecule has 1 heterocycles. The van der Waals surface area contributed by atoms with E-state index in [9.17, 15) is 4.39 Å². The van der Waals surface area contributed by atoms with Gasteiger partial charge < -0.3 is 16.4 Å². The Hall–Kier alpha value is -2.56. The van der Waals surface area contributed by atoms with E-state index in [2.05, 4.69) is 29.1 Å². The van der Waals surface area contributed by atoms with Crippen LogP contribution in [0.2, 0.25) is 0 Å². The molecule has 0 radical (unpaired) electrons. The molecule has 5 heteroatoms. The van der Waals surface area contributed by atoms with Crippen LogP contribution in [0.15, 0.2) is 49.1 Å². The van der Waals surface area contributed by atoms with Crippen LogP contribution >= 0.6 is 0 Å². The van der Waals surface area contributed by atoms with Crippen molar-refractivity contribution in [2.45, 2.75) is 52.0 Å². The summed E-state index contributed by atoms with van der Waals surface area (Å²) >= 11 is 0. The summed E-state index contributed by atoms with van der Waals surface area (Å²) in [7, 11) is 0. The van der Waals surface area contributed by atoms with Crippen molar-refractivity contribution < 1.29 is 4.39 Å². The highest BCUT2D eigenvalue weighted by atomic mass is 19.1. The smallest absolute Gasteiger partial charge is 0.128 e. The quantitative estimate of drug-likeness (QED) is 0.515. The van der Waals surface area contributed by atoms with Crippen molar-refractivity contribution >= 4 is 11.4 Å². The Bertz CT molecular complexity index is 730. The van der Waals surface area contributed by atoms with Crippen LogP contribution in [0, 0.1) is 5.82 Å². The minimum Gasteiger partial charge on any atom is -0.397 e. The molecule has 4 N–H and O–H groups in total. The van der Waals surface area contributed by atoms with Gasteiger partial charge in [-0.05, 0) is 49.1 Å². The predicted octanol–water partition coefficient (Wildman–Crippen LogP) is 5.16. The molecule has 0 aliphatic rings. The molecule has 0 aliphatic carbocycles. The third-order valence-corrected chi connectivity index (χ3v) is 4.32. The number of pyridine rings is 1. The molecule has 1 atom stereocenters. The summed E-state index contributed by atoms with van der Waals surface area (Å²) in [5, 5.41) is 6.34. The third-order valence-electron chi connectivity index (χ3n) is 4.32. The molecule has 0 spiro atoms. The Morgan fingerprint density at radius 2 is 2.04 bits per heavy atom. The average molecular weight is 356 g/mol. The Balaban J connectivity index is 1.89. The van der Waals surface area contributed by atoms with Gasteiger partial charge in [-0.15, -0.1) is 0 Å². The number of hydrogen-bond acceptors (Lipinski definition) is 4. The van der Waals surface area contributed by atoms with Crippen molar-refractivity contribution in [1.82, 2.24) is 10.3 Å². The number of anilines is 2. The van der Waals surface area contributed by atoms with Gasteiger partial charge in [0.1, 0.15) is 5.82 Å². The summed E-state index contributed by atoms with van der Waals surface area (Å²) in [6.45, 7) is 8.13. The number of nitrogens with one attached hydrogen (secondary N) is 2. The number of rotatable bonds is 10. The fourth-order valence-electron chi connectivity index (χ4n) is 2.84. The fourth-order valence-corrected chi connectivity index (χ4v) is 2.84. The fraction of sp³-hybridized carbons (Fsp3) is 0.381.